The third-order valence-corrected chi connectivity index (χ3v) is 10.3. The molecule has 2 rings (SSSR count). The van der Waals surface area contributed by atoms with Crippen molar-refractivity contribution >= 4 is 71.0 Å². The van der Waals surface area contributed by atoms with Gasteiger partial charge in [0.15, 0.2) is 0 Å². The number of likely N-dealkylation sites (tertiary alicyclic amines) is 1. The number of aliphatic carboxylic acids is 2. The molecule has 0 aliphatic carbocycles. The zero-order valence-electron chi connectivity index (χ0n) is 36.7. The Bertz CT molecular complexity index is 2020. The number of phenolic OH excluding ortho intramolecular Hbond substituents is 1. The number of rotatable bonds is 28. The molecule has 0 saturated carbocycles. The summed E-state index contributed by atoms with van der Waals surface area (Å²) in [5.74, 6) is -14.2. The fourth-order valence-corrected chi connectivity index (χ4v) is 6.69. The van der Waals surface area contributed by atoms with E-state index in [2.05, 4.69) is 31.9 Å². The first-order chi connectivity index (χ1) is 31.3. The number of amides is 10. The summed E-state index contributed by atoms with van der Waals surface area (Å²) in [7, 11) is 0. The van der Waals surface area contributed by atoms with Crippen LogP contribution in [0.4, 0.5) is 0 Å². The van der Waals surface area contributed by atoms with E-state index in [-0.39, 0.29) is 38.0 Å². The number of hydrogen-bond acceptors (Lipinski definition) is 15. The highest BCUT2D eigenvalue weighted by Gasteiger charge is 2.41. The number of phenols is 1. The van der Waals surface area contributed by atoms with Gasteiger partial charge in [-0.1, -0.05) is 26.0 Å². The van der Waals surface area contributed by atoms with Gasteiger partial charge in [-0.15, -0.1) is 0 Å². The van der Waals surface area contributed by atoms with Gasteiger partial charge >= 0.3 is 11.9 Å². The Hall–Kier alpha value is -7.42. The molecule has 0 radical (unpaired) electrons. The molecular formula is C40H59N11O16. The van der Waals surface area contributed by atoms with Gasteiger partial charge in [0.2, 0.25) is 59.1 Å². The fraction of sp³-hybridized carbons (Fsp3) is 0.550. The summed E-state index contributed by atoms with van der Waals surface area (Å²) >= 11 is 0. The highest BCUT2D eigenvalue weighted by Crippen LogP contribution is 2.21. The van der Waals surface area contributed by atoms with E-state index in [4.69, 9.17) is 22.9 Å². The molecule has 1 aliphatic rings. The van der Waals surface area contributed by atoms with Crippen LogP contribution >= 0.6 is 0 Å². The standard InChI is InChI=1S/C40H59N11O16/c1-18(2)32(38(64)46-23(40(66)67)10-12-29(43)55)50-36(62)25(16-31(57)58)48-37(63)27-4-3-13-51(27)39(65)26(14-19-5-7-20(53)8-6-19)49-35(61)24(15-30(44)56)47-34(60)22(9-11-28(42)54)45-33(59)21(41)17-52/h5-8,18,21-27,32,52-53H,3-4,9-17,41H2,1-2H3,(H2,42,54)(H2,43,55)(H2,44,56)(H,45,59)(H,46,64)(H,47,60)(H,48,63)(H,49,61)(H,50,62)(H,57,58)(H,66,67)/t21-,22-,23-,24-,25-,26-,27-,32-/m0/s1. The van der Waals surface area contributed by atoms with Gasteiger partial charge in [0.05, 0.1) is 19.4 Å². The van der Waals surface area contributed by atoms with Crippen LogP contribution in [0, 0.1) is 5.92 Å². The first-order valence-electron chi connectivity index (χ1n) is 20.9. The van der Waals surface area contributed by atoms with Crippen molar-refractivity contribution in [3.63, 3.8) is 0 Å². The quantitative estimate of drug-likeness (QED) is 0.0372. The van der Waals surface area contributed by atoms with Crippen molar-refractivity contribution in [1.29, 1.82) is 0 Å². The van der Waals surface area contributed by atoms with Gasteiger partial charge in [-0.3, -0.25) is 52.7 Å². The van der Waals surface area contributed by atoms with Gasteiger partial charge in [0.25, 0.3) is 0 Å². The molecule has 1 fully saturated rings. The largest absolute Gasteiger partial charge is 0.508 e. The monoisotopic (exact) mass is 949 g/mol. The molecule has 1 aliphatic heterocycles. The summed E-state index contributed by atoms with van der Waals surface area (Å²) < 4.78 is 0. The van der Waals surface area contributed by atoms with Crippen molar-refractivity contribution in [2.45, 2.75) is 120 Å². The van der Waals surface area contributed by atoms with Crippen LogP contribution in [0.25, 0.3) is 0 Å². The van der Waals surface area contributed by atoms with Crippen molar-refractivity contribution in [2.75, 3.05) is 13.2 Å². The number of nitrogens with two attached hydrogens (primary N) is 4. The number of benzene rings is 1. The van der Waals surface area contributed by atoms with Crippen LogP contribution in [0.15, 0.2) is 24.3 Å². The van der Waals surface area contributed by atoms with Gasteiger partial charge in [-0.05, 0) is 49.3 Å². The number of carboxylic acid groups (broad SMARTS) is 2. The van der Waals surface area contributed by atoms with E-state index in [9.17, 15) is 78.0 Å². The Morgan fingerprint density at radius 2 is 1.16 bits per heavy atom. The summed E-state index contributed by atoms with van der Waals surface area (Å²) in [6, 6.07) is -7.42. The summed E-state index contributed by atoms with van der Waals surface area (Å²) in [5.41, 5.74) is 21.6. The third-order valence-electron chi connectivity index (χ3n) is 10.3. The maximum Gasteiger partial charge on any atom is 0.326 e. The van der Waals surface area contributed by atoms with Crippen molar-refractivity contribution in [2.24, 2.45) is 28.9 Å². The Kier molecular flexibility index (Phi) is 22.1. The number of aromatic hydroxyl groups is 1. The molecule has 0 spiro atoms. The maximum atomic E-state index is 14.4. The number of carbonyl (C=O) groups is 12. The van der Waals surface area contributed by atoms with E-state index in [0.29, 0.717) is 5.56 Å². The number of carbonyl (C=O) groups excluding carboxylic acids is 10. The van der Waals surface area contributed by atoms with Crippen molar-refractivity contribution in [3.8, 4) is 5.75 Å². The molecule has 67 heavy (non-hydrogen) atoms. The lowest BCUT2D eigenvalue weighted by Gasteiger charge is -2.31. The number of nitrogens with one attached hydrogen (secondary N) is 6. The predicted octanol–water partition coefficient (Wildman–Crippen LogP) is -6.22. The molecule has 0 unspecified atom stereocenters. The number of nitrogens with zero attached hydrogens (tertiary/aromatic N) is 1. The minimum absolute atomic E-state index is 0.0313. The molecule has 0 bridgehead atoms. The lowest BCUT2D eigenvalue weighted by Crippen LogP contribution is -2.61. The lowest BCUT2D eigenvalue weighted by molar-refractivity contribution is -0.145. The molecule has 0 aromatic heterocycles. The SMILES string of the molecule is CC(C)[C@H](NC(=O)[C@H](CC(=O)O)NC(=O)[C@@H]1CCCN1C(=O)[C@H](Cc1ccc(O)cc1)NC(=O)[C@H](CC(N)=O)NC(=O)[C@H](CCC(N)=O)NC(=O)[C@@H](N)CO)C(=O)N[C@@H](CCC(N)=O)C(=O)O. The van der Waals surface area contributed by atoms with Gasteiger partial charge < -0.3 is 80.2 Å². The molecule has 10 amide bonds. The van der Waals surface area contributed by atoms with Crippen molar-refractivity contribution < 1.29 is 78.0 Å². The predicted molar refractivity (Wildman–Crippen MR) is 229 cm³/mol. The van der Waals surface area contributed by atoms with Crippen LogP contribution < -0.4 is 54.8 Å². The Labute approximate surface area is 382 Å². The van der Waals surface area contributed by atoms with Crippen LogP contribution in [0.1, 0.15) is 70.8 Å². The zero-order valence-corrected chi connectivity index (χ0v) is 36.7. The van der Waals surface area contributed by atoms with E-state index in [0.717, 1.165) is 4.90 Å². The highest BCUT2D eigenvalue weighted by atomic mass is 16.4. The summed E-state index contributed by atoms with van der Waals surface area (Å²) in [6.07, 6.45) is -3.67. The summed E-state index contributed by atoms with van der Waals surface area (Å²) in [4.78, 5) is 154. The van der Waals surface area contributed by atoms with Gasteiger partial charge in [-0.25, -0.2) is 4.79 Å². The Balaban J connectivity index is 2.43. The van der Waals surface area contributed by atoms with Gasteiger partial charge in [0.1, 0.15) is 54.1 Å². The van der Waals surface area contributed by atoms with Crippen LogP contribution in [0.5, 0.6) is 5.75 Å². The molecule has 1 aromatic rings. The second kappa shape index (κ2) is 26.5. The molecule has 27 heteroatoms. The molecule has 1 aromatic carbocycles. The van der Waals surface area contributed by atoms with Crippen molar-refractivity contribution in [1.82, 2.24) is 36.8 Å². The minimum Gasteiger partial charge on any atom is -0.508 e. The van der Waals surface area contributed by atoms with Crippen LogP contribution in [-0.2, 0) is 64.0 Å². The minimum atomic E-state index is -1.86. The highest BCUT2D eigenvalue weighted by molar-refractivity contribution is 5.99. The number of carboxylic acids is 2. The van der Waals surface area contributed by atoms with Crippen LogP contribution in [-0.4, -0.2) is 158 Å². The molecular weight excluding hydrogens is 891 g/mol. The Morgan fingerprint density at radius 1 is 0.657 bits per heavy atom. The van der Waals surface area contributed by atoms with E-state index in [1.807, 2.05) is 0 Å². The normalized spacial score (nSPS) is 16.4. The smallest absolute Gasteiger partial charge is 0.326 e. The zero-order chi connectivity index (χ0) is 50.7. The molecule has 8 atom stereocenters. The van der Waals surface area contributed by atoms with Gasteiger partial charge in [0, 0.05) is 25.8 Å². The van der Waals surface area contributed by atoms with Gasteiger partial charge in [-0.2, -0.15) is 0 Å². The molecule has 18 N–H and O–H groups in total. The summed E-state index contributed by atoms with van der Waals surface area (Å²) in [6.45, 7) is 2.03. The molecule has 27 nitrogen and oxygen atoms in total. The van der Waals surface area contributed by atoms with Crippen LogP contribution in [0.2, 0.25) is 0 Å². The topological polar surface area (TPSA) is 465 Å². The second-order valence-corrected chi connectivity index (χ2v) is 16.0. The first-order valence-corrected chi connectivity index (χ1v) is 20.9. The van der Waals surface area contributed by atoms with E-state index in [1.165, 1.54) is 38.1 Å². The number of primary amides is 3. The number of aliphatic hydroxyl groups excluding tert-OH is 1. The number of hydrogen-bond donors (Lipinski definition) is 14. The average molecular weight is 950 g/mol. The molecule has 1 saturated heterocycles. The fourth-order valence-electron chi connectivity index (χ4n) is 6.69. The Morgan fingerprint density at radius 3 is 1.69 bits per heavy atom. The van der Waals surface area contributed by atoms with E-state index in [1.54, 1.807) is 0 Å². The van der Waals surface area contributed by atoms with E-state index < -0.39 is 164 Å². The molecule has 1 heterocycles. The lowest BCUT2D eigenvalue weighted by atomic mass is 10.0. The van der Waals surface area contributed by atoms with Crippen molar-refractivity contribution in [3.05, 3.63) is 29.8 Å². The average Bonchev–Trinajstić information content (AvgIpc) is 3.74. The third kappa shape index (κ3) is 18.5. The van der Waals surface area contributed by atoms with E-state index >= 15 is 0 Å². The second-order valence-electron chi connectivity index (χ2n) is 16.0. The molecule has 370 valence electrons. The first kappa shape index (κ1) is 55.7. The van der Waals surface area contributed by atoms with Crippen LogP contribution in [0.3, 0.4) is 0 Å². The summed E-state index contributed by atoms with van der Waals surface area (Å²) in [5, 5.41) is 52.1. The number of aliphatic hydroxyl groups is 1. The maximum absolute atomic E-state index is 14.4.